The monoisotopic (exact) mass is 294 g/mol. The Labute approximate surface area is 119 Å². The maximum Gasteiger partial charge on any atom is 0.218 e. The van der Waals surface area contributed by atoms with Crippen LogP contribution >= 0.6 is 0 Å². The van der Waals surface area contributed by atoms with Crippen LogP contribution in [0.15, 0.2) is 24.3 Å². The van der Waals surface area contributed by atoms with E-state index in [1.54, 1.807) is 31.4 Å². The predicted molar refractivity (Wildman–Crippen MR) is 75.4 cm³/mol. The van der Waals surface area contributed by atoms with Gasteiger partial charge in [-0.15, -0.1) is 0 Å². The number of ether oxygens (including phenoxy) is 1. The molecule has 1 fully saturated rings. The minimum atomic E-state index is -3.33. The lowest BCUT2D eigenvalue weighted by Crippen LogP contribution is -2.43. The van der Waals surface area contributed by atoms with Crippen LogP contribution in [0.4, 0.5) is 0 Å². The fourth-order valence-corrected chi connectivity index (χ4v) is 3.92. The highest BCUT2D eigenvalue weighted by Crippen LogP contribution is 2.19. The van der Waals surface area contributed by atoms with Crippen LogP contribution < -0.4 is 0 Å². The second-order valence-electron chi connectivity index (χ2n) is 4.92. The molecule has 1 saturated heterocycles. The molecular weight excluding hydrogens is 276 g/mol. The normalized spacial score (nSPS) is 20.5. The summed E-state index contributed by atoms with van der Waals surface area (Å²) in [5.74, 6) is -0.0326. The molecule has 2 rings (SSSR count). The van der Waals surface area contributed by atoms with Gasteiger partial charge in [0, 0.05) is 20.2 Å². The molecule has 0 saturated carbocycles. The molecule has 1 aliphatic heterocycles. The van der Waals surface area contributed by atoms with Gasteiger partial charge in [-0.2, -0.15) is 9.57 Å². The molecule has 0 aliphatic carbocycles. The van der Waals surface area contributed by atoms with Gasteiger partial charge < -0.3 is 4.74 Å². The van der Waals surface area contributed by atoms with Gasteiger partial charge in [0.2, 0.25) is 10.0 Å². The summed E-state index contributed by atoms with van der Waals surface area (Å²) in [6.45, 7) is 0.980. The molecule has 0 aromatic heterocycles. The van der Waals surface area contributed by atoms with Crippen molar-refractivity contribution in [1.82, 2.24) is 4.31 Å². The van der Waals surface area contributed by atoms with Gasteiger partial charge >= 0.3 is 0 Å². The maximum absolute atomic E-state index is 12.4. The Morgan fingerprint density at radius 3 is 2.70 bits per heavy atom. The van der Waals surface area contributed by atoms with Crippen LogP contribution in [0, 0.1) is 11.3 Å². The summed E-state index contributed by atoms with van der Waals surface area (Å²) in [4.78, 5) is 0. The van der Waals surface area contributed by atoms with E-state index in [4.69, 9.17) is 10.00 Å². The number of methoxy groups -OCH3 is 1. The van der Waals surface area contributed by atoms with Gasteiger partial charge in [-0.25, -0.2) is 8.42 Å². The van der Waals surface area contributed by atoms with Crippen LogP contribution in [0.5, 0.6) is 0 Å². The zero-order valence-corrected chi connectivity index (χ0v) is 12.3. The first-order valence-corrected chi connectivity index (χ1v) is 8.16. The summed E-state index contributed by atoms with van der Waals surface area (Å²) >= 11 is 0. The molecule has 1 atom stereocenters. The number of hydrogen-bond donors (Lipinski definition) is 0. The number of piperidine rings is 1. The molecule has 0 N–H and O–H groups in total. The lowest BCUT2D eigenvalue weighted by Gasteiger charge is -2.31. The highest BCUT2D eigenvalue weighted by molar-refractivity contribution is 7.88. The Kier molecular flexibility index (Phi) is 4.76. The van der Waals surface area contributed by atoms with Crippen LogP contribution in [0.25, 0.3) is 0 Å². The van der Waals surface area contributed by atoms with Crippen molar-refractivity contribution in [3.05, 3.63) is 35.4 Å². The summed E-state index contributed by atoms with van der Waals surface area (Å²) in [5, 5.41) is 8.73. The van der Waals surface area contributed by atoms with E-state index in [1.165, 1.54) is 4.31 Å². The molecule has 1 aromatic rings. The number of rotatable bonds is 4. The molecule has 1 aromatic carbocycles. The molecule has 6 heteroatoms. The molecule has 1 unspecified atom stereocenters. The number of sulfonamides is 1. The van der Waals surface area contributed by atoms with Crippen LogP contribution in [0.1, 0.15) is 24.0 Å². The quantitative estimate of drug-likeness (QED) is 0.843. The summed E-state index contributed by atoms with van der Waals surface area (Å²) in [6, 6.07) is 8.67. The summed E-state index contributed by atoms with van der Waals surface area (Å²) in [5.41, 5.74) is 1.23. The van der Waals surface area contributed by atoms with Crippen molar-refractivity contribution < 1.29 is 13.2 Å². The Morgan fingerprint density at radius 2 is 2.10 bits per heavy atom. The number of nitriles is 1. The van der Waals surface area contributed by atoms with Gasteiger partial charge in [0.1, 0.15) is 0 Å². The molecule has 108 valence electrons. The average molecular weight is 294 g/mol. The summed E-state index contributed by atoms with van der Waals surface area (Å²) in [6.07, 6.45) is 1.71. The van der Waals surface area contributed by atoms with E-state index >= 15 is 0 Å². The fraction of sp³-hybridized carbons (Fsp3) is 0.500. The fourth-order valence-electron chi connectivity index (χ4n) is 2.33. The number of benzene rings is 1. The highest BCUT2D eigenvalue weighted by atomic mass is 32.2. The van der Waals surface area contributed by atoms with Crippen molar-refractivity contribution in [2.24, 2.45) is 0 Å². The lowest BCUT2D eigenvalue weighted by molar-refractivity contribution is 0.0571. The van der Waals surface area contributed by atoms with Crippen LogP contribution in [-0.4, -0.2) is 39.0 Å². The third-order valence-electron chi connectivity index (χ3n) is 3.50. The molecular formula is C14H18N2O3S. The maximum atomic E-state index is 12.4. The summed E-state index contributed by atoms with van der Waals surface area (Å²) < 4.78 is 31.5. The number of nitrogens with zero attached hydrogens (tertiary/aromatic N) is 2. The van der Waals surface area contributed by atoms with Crippen molar-refractivity contribution in [3.63, 3.8) is 0 Å². The number of hydrogen-bond acceptors (Lipinski definition) is 4. The van der Waals surface area contributed by atoms with Crippen molar-refractivity contribution in [2.45, 2.75) is 24.7 Å². The average Bonchev–Trinajstić information content (AvgIpc) is 2.48. The molecule has 0 amide bonds. The van der Waals surface area contributed by atoms with Crippen LogP contribution in [0.3, 0.4) is 0 Å². The van der Waals surface area contributed by atoms with Gasteiger partial charge in [-0.1, -0.05) is 12.1 Å². The van der Waals surface area contributed by atoms with Crippen molar-refractivity contribution >= 4 is 10.0 Å². The minimum absolute atomic E-state index is 0.0144. The second-order valence-corrected chi connectivity index (χ2v) is 6.89. The SMILES string of the molecule is COC1CCCN(S(=O)(=O)Cc2ccc(C#N)cc2)C1. The van der Waals surface area contributed by atoms with E-state index in [0.717, 1.165) is 12.8 Å². The molecule has 0 radical (unpaired) electrons. The Bertz CT molecular complexity index is 590. The zero-order valence-electron chi connectivity index (χ0n) is 11.4. The van der Waals surface area contributed by atoms with Crippen molar-refractivity contribution in [2.75, 3.05) is 20.2 Å². The second kappa shape index (κ2) is 6.35. The van der Waals surface area contributed by atoms with Crippen molar-refractivity contribution in [1.29, 1.82) is 5.26 Å². The van der Waals surface area contributed by atoms with E-state index in [0.29, 0.717) is 24.2 Å². The van der Waals surface area contributed by atoms with E-state index in [1.807, 2.05) is 6.07 Å². The Balaban J connectivity index is 2.08. The minimum Gasteiger partial charge on any atom is -0.380 e. The van der Waals surface area contributed by atoms with Crippen LogP contribution in [0.2, 0.25) is 0 Å². The van der Waals surface area contributed by atoms with E-state index in [-0.39, 0.29) is 11.9 Å². The summed E-state index contributed by atoms with van der Waals surface area (Å²) in [7, 11) is -1.72. The van der Waals surface area contributed by atoms with Gasteiger partial charge in [-0.3, -0.25) is 0 Å². The largest absolute Gasteiger partial charge is 0.380 e. The van der Waals surface area contributed by atoms with Crippen LogP contribution in [-0.2, 0) is 20.5 Å². The third-order valence-corrected chi connectivity index (χ3v) is 5.32. The topological polar surface area (TPSA) is 70.4 Å². The molecule has 1 aliphatic rings. The first kappa shape index (κ1) is 15.0. The lowest BCUT2D eigenvalue weighted by atomic mass is 10.1. The molecule has 5 nitrogen and oxygen atoms in total. The standard InChI is InChI=1S/C14H18N2O3S/c1-19-14-3-2-8-16(10-14)20(17,18)11-13-6-4-12(9-15)5-7-13/h4-7,14H,2-3,8,10-11H2,1H3. The van der Waals surface area contributed by atoms with E-state index in [9.17, 15) is 8.42 Å². The Hall–Kier alpha value is -1.42. The molecule has 0 bridgehead atoms. The van der Waals surface area contributed by atoms with Gasteiger partial charge in [0.05, 0.1) is 23.5 Å². The first-order valence-electron chi connectivity index (χ1n) is 6.55. The van der Waals surface area contributed by atoms with Gasteiger partial charge in [0.15, 0.2) is 0 Å². The molecule has 0 spiro atoms. The predicted octanol–water partition coefficient (Wildman–Crippen LogP) is 1.50. The van der Waals surface area contributed by atoms with Gasteiger partial charge in [-0.05, 0) is 30.5 Å². The zero-order chi connectivity index (χ0) is 14.6. The molecule has 1 heterocycles. The van der Waals surface area contributed by atoms with E-state index in [2.05, 4.69) is 0 Å². The Morgan fingerprint density at radius 1 is 1.40 bits per heavy atom. The molecule has 20 heavy (non-hydrogen) atoms. The van der Waals surface area contributed by atoms with E-state index < -0.39 is 10.0 Å². The third kappa shape index (κ3) is 3.57. The highest BCUT2D eigenvalue weighted by Gasteiger charge is 2.28. The van der Waals surface area contributed by atoms with Crippen molar-refractivity contribution in [3.8, 4) is 6.07 Å². The first-order chi connectivity index (χ1) is 9.55. The van der Waals surface area contributed by atoms with Gasteiger partial charge in [0.25, 0.3) is 0 Å². The smallest absolute Gasteiger partial charge is 0.218 e.